The lowest BCUT2D eigenvalue weighted by atomic mass is 9.94. The fourth-order valence-corrected chi connectivity index (χ4v) is 3.88. The number of carbonyl (C=O) groups is 1. The second-order valence-corrected chi connectivity index (χ2v) is 8.26. The van der Waals surface area contributed by atoms with E-state index in [4.69, 9.17) is 9.63 Å². The van der Waals surface area contributed by atoms with Gasteiger partial charge < -0.3 is 9.63 Å². The Hall–Kier alpha value is -3.98. The van der Waals surface area contributed by atoms with Crippen molar-refractivity contribution in [1.29, 1.82) is 0 Å². The molecule has 0 amide bonds. The van der Waals surface area contributed by atoms with E-state index in [1.54, 1.807) is 43.1 Å². The smallest absolute Gasteiger partial charge is 0.417 e. The van der Waals surface area contributed by atoms with E-state index in [0.717, 1.165) is 17.2 Å². The van der Waals surface area contributed by atoms with Crippen molar-refractivity contribution < 1.29 is 27.6 Å². The molecule has 0 fully saturated rings. The van der Waals surface area contributed by atoms with Gasteiger partial charge in [0, 0.05) is 17.7 Å². The van der Waals surface area contributed by atoms with Crippen LogP contribution in [0.3, 0.4) is 0 Å². The summed E-state index contributed by atoms with van der Waals surface area (Å²) in [4.78, 5) is 16.9. The molecule has 0 atom stereocenters. The molecule has 4 rings (SSSR count). The first-order valence-corrected chi connectivity index (χ1v) is 10.7. The van der Waals surface area contributed by atoms with Gasteiger partial charge in [-0.25, -0.2) is 0 Å². The number of likely N-dealkylation sites (N-methyl/N-ethyl adjacent to an activating group) is 1. The number of benzene rings is 3. The van der Waals surface area contributed by atoms with Gasteiger partial charge in [-0.1, -0.05) is 53.7 Å². The quantitative estimate of drug-likeness (QED) is 0.353. The molecule has 180 valence electrons. The van der Waals surface area contributed by atoms with Gasteiger partial charge >= 0.3 is 12.1 Å². The maximum absolute atomic E-state index is 13.5. The topological polar surface area (TPSA) is 79.5 Å². The number of aromatic nitrogens is 2. The lowest BCUT2D eigenvalue weighted by Crippen LogP contribution is -2.25. The van der Waals surface area contributed by atoms with Crippen molar-refractivity contribution in [1.82, 2.24) is 15.0 Å². The van der Waals surface area contributed by atoms with Gasteiger partial charge in [-0.3, -0.25) is 9.69 Å². The molecule has 0 aliphatic heterocycles. The first-order valence-electron chi connectivity index (χ1n) is 10.7. The molecule has 3 aromatic carbocycles. The number of hydrogen-bond donors (Lipinski definition) is 1. The van der Waals surface area contributed by atoms with Gasteiger partial charge in [0.2, 0.25) is 5.82 Å². The number of halogens is 3. The van der Waals surface area contributed by atoms with Crippen LogP contribution in [-0.4, -0.2) is 39.7 Å². The Kier molecular flexibility index (Phi) is 6.70. The van der Waals surface area contributed by atoms with E-state index in [1.807, 2.05) is 24.3 Å². The number of rotatable bonds is 7. The van der Waals surface area contributed by atoms with Crippen molar-refractivity contribution in [3.05, 3.63) is 83.4 Å². The fourth-order valence-electron chi connectivity index (χ4n) is 3.88. The Morgan fingerprint density at radius 2 is 1.69 bits per heavy atom. The van der Waals surface area contributed by atoms with Crippen molar-refractivity contribution in [3.63, 3.8) is 0 Å². The van der Waals surface area contributed by atoms with Gasteiger partial charge in [0.1, 0.15) is 0 Å². The summed E-state index contributed by atoms with van der Waals surface area (Å²) in [7, 11) is 1.72. The van der Waals surface area contributed by atoms with Crippen LogP contribution in [0, 0.1) is 6.92 Å². The normalized spacial score (nSPS) is 11.7. The van der Waals surface area contributed by atoms with Crippen molar-refractivity contribution >= 4 is 5.97 Å². The largest absolute Gasteiger partial charge is 0.480 e. The summed E-state index contributed by atoms with van der Waals surface area (Å²) in [5.41, 5.74) is 2.81. The molecule has 35 heavy (non-hydrogen) atoms. The average molecular weight is 481 g/mol. The van der Waals surface area contributed by atoms with E-state index in [-0.39, 0.29) is 18.0 Å². The summed E-state index contributed by atoms with van der Waals surface area (Å²) in [6.45, 7) is 2.16. The van der Waals surface area contributed by atoms with Crippen molar-refractivity contribution in [2.75, 3.05) is 13.6 Å². The van der Waals surface area contributed by atoms with Crippen LogP contribution >= 0.6 is 0 Å². The highest BCUT2D eigenvalue weighted by atomic mass is 19.4. The third-order valence-electron chi connectivity index (χ3n) is 5.49. The molecule has 6 nitrogen and oxygen atoms in total. The SMILES string of the molecule is Cc1cc(-c2nc(-c3ccc(CN(C)CC(=O)O)cc3)no2)ccc1-c1ccccc1C(F)(F)F. The molecule has 0 aliphatic carbocycles. The first kappa shape index (κ1) is 24.2. The Morgan fingerprint density at radius 1 is 1.00 bits per heavy atom. The van der Waals surface area contributed by atoms with E-state index < -0.39 is 17.7 Å². The molecule has 0 unspecified atom stereocenters. The molecule has 0 spiro atoms. The minimum atomic E-state index is -4.45. The Balaban J connectivity index is 1.55. The zero-order valence-electron chi connectivity index (χ0n) is 19.0. The zero-order chi connectivity index (χ0) is 25.2. The van der Waals surface area contributed by atoms with Crippen molar-refractivity contribution in [3.8, 4) is 34.0 Å². The van der Waals surface area contributed by atoms with Gasteiger partial charge in [-0.15, -0.1) is 0 Å². The average Bonchev–Trinajstić information content (AvgIpc) is 3.29. The Morgan fingerprint density at radius 3 is 2.34 bits per heavy atom. The third kappa shape index (κ3) is 5.58. The third-order valence-corrected chi connectivity index (χ3v) is 5.49. The van der Waals surface area contributed by atoms with Crippen LogP contribution in [0.15, 0.2) is 71.3 Å². The van der Waals surface area contributed by atoms with Gasteiger partial charge in [0.25, 0.3) is 5.89 Å². The van der Waals surface area contributed by atoms with Gasteiger partial charge in [0.05, 0.1) is 12.1 Å². The highest BCUT2D eigenvalue weighted by molar-refractivity contribution is 5.74. The van der Waals surface area contributed by atoms with E-state index in [0.29, 0.717) is 29.1 Å². The highest BCUT2D eigenvalue weighted by Crippen LogP contribution is 2.38. The van der Waals surface area contributed by atoms with E-state index in [1.165, 1.54) is 12.1 Å². The summed E-state index contributed by atoms with van der Waals surface area (Å²) in [6, 6.07) is 17.9. The maximum Gasteiger partial charge on any atom is 0.417 e. The Labute approximate surface area is 199 Å². The van der Waals surface area contributed by atoms with Gasteiger partial charge in [0.15, 0.2) is 0 Å². The predicted octanol–water partition coefficient (Wildman–Crippen LogP) is 5.91. The van der Waals surface area contributed by atoms with Crippen LogP contribution in [0.4, 0.5) is 13.2 Å². The molecule has 1 heterocycles. The van der Waals surface area contributed by atoms with Crippen molar-refractivity contribution in [2.24, 2.45) is 0 Å². The van der Waals surface area contributed by atoms with Gasteiger partial charge in [-0.05, 0) is 54.4 Å². The number of carboxylic acid groups (broad SMARTS) is 1. The molecule has 1 aromatic heterocycles. The minimum absolute atomic E-state index is 0.0596. The monoisotopic (exact) mass is 481 g/mol. The lowest BCUT2D eigenvalue weighted by molar-refractivity contribution is -0.138. The highest BCUT2D eigenvalue weighted by Gasteiger charge is 2.33. The van der Waals surface area contributed by atoms with Crippen LogP contribution in [0.1, 0.15) is 16.7 Å². The molecular formula is C26H22F3N3O3. The van der Waals surface area contributed by atoms with Crippen LogP contribution in [-0.2, 0) is 17.5 Å². The minimum Gasteiger partial charge on any atom is -0.480 e. The molecule has 0 saturated carbocycles. The molecule has 4 aromatic rings. The molecular weight excluding hydrogens is 459 g/mol. The number of aryl methyl sites for hydroxylation is 1. The second kappa shape index (κ2) is 9.71. The Bertz CT molecular complexity index is 1350. The number of hydrogen-bond acceptors (Lipinski definition) is 5. The summed E-state index contributed by atoms with van der Waals surface area (Å²) < 4.78 is 45.8. The zero-order valence-corrected chi connectivity index (χ0v) is 19.0. The molecule has 1 N–H and O–H groups in total. The number of nitrogens with zero attached hydrogens (tertiary/aromatic N) is 3. The van der Waals surface area contributed by atoms with Crippen LogP contribution in [0.25, 0.3) is 34.0 Å². The maximum atomic E-state index is 13.5. The van der Waals surface area contributed by atoms with E-state index >= 15 is 0 Å². The van der Waals surface area contributed by atoms with Crippen LogP contribution < -0.4 is 0 Å². The van der Waals surface area contributed by atoms with E-state index in [2.05, 4.69) is 10.1 Å². The molecule has 0 radical (unpaired) electrons. The summed E-state index contributed by atoms with van der Waals surface area (Å²) in [6.07, 6.45) is -4.45. The molecule has 9 heteroatoms. The molecule has 0 aliphatic rings. The summed E-state index contributed by atoms with van der Waals surface area (Å²) in [5.74, 6) is -0.269. The predicted molar refractivity (Wildman–Crippen MR) is 124 cm³/mol. The number of aliphatic carboxylic acids is 1. The van der Waals surface area contributed by atoms with Crippen molar-refractivity contribution in [2.45, 2.75) is 19.6 Å². The molecule has 0 saturated heterocycles. The van der Waals surface area contributed by atoms with Crippen LogP contribution in [0.5, 0.6) is 0 Å². The summed E-state index contributed by atoms with van der Waals surface area (Å²) >= 11 is 0. The second-order valence-electron chi connectivity index (χ2n) is 8.26. The van der Waals surface area contributed by atoms with E-state index in [9.17, 15) is 18.0 Å². The molecule has 0 bridgehead atoms. The van der Waals surface area contributed by atoms with Crippen LogP contribution in [0.2, 0.25) is 0 Å². The number of alkyl halides is 3. The fraction of sp³-hybridized carbons (Fsp3) is 0.192. The lowest BCUT2D eigenvalue weighted by Gasteiger charge is -2.14. The summed E-state index contributed by atoms with van der Waals surface area (Å²) in [5, 5.41) is 12.9. The number of carboxylic acids is 1. The standard InChI is InChI=1S/C26H22F3N3O3/c1-16-13-19(11-12-20(16)21-5-3-4-6-22(21)26(27,28)29)25-30-24(31-35-25)18-9-7-17(8-10-18)14-32(2)15-23(33)34/h3-13H,14-15H2,1-2H3,(H,33,34). The van der Waals surface area contributed by atoms with Gasteiger partial charge in [-0.2, -0.15) is 18.2 Å². The first-order chi connectivity index (χ1) is 16.6.